The van der Waals surface area contributed by atoms with Crippen LogP contribution in [0.2, 0.25) is 0 Å². The number of nitrogens with one attached hydrogen (secondary N) is 1. The summed E-state index contributed by atoms with van der Waals surface area (Å²) in [6.45, 7) is 6.61. The first-order valence-electron chi connectivity index (χ1n) is 12.6. The monoisotopic (exact) mass is 536 g/mol. The molecule has 0 spiro atoms. The molecule has 0 bridgehead atoms. The Bertz CT molecular complexity index is 1010. The highest BCUT2D eigenvalue weighted by molar-refractivity contribution is 8.22. The van der Waals surface area contributed by atoms with E-state index in [0.717, 1.165) is 54.8 Å². The van der Waals surface area contributed by atoms with E-state index < -0.39 is 28.4 Å². The summed E-state index contributed by atoms with van der Waals surface area (Å²) in [5.74, 6) is -0.486. The lowest BCUT2D eigenvalue weighted by Crippen LogP contribution is -2.51. The number of para-hydroxylation sites is 1. The Morgan fingerprint density at radius 2 is 1.81 bits per heavy atom. The van der Waals surface area contributed by atoms with Crippen molar-refractivity contribution in [3.05, 3.63) is 42.5 Å². The fourth-order valence-corrected chi connectivity index (χ4v) is 7.01. The van der Waals surface area contributed by atoms with E-state index in [9.17, 15) is 19.0 Å². The summed E-state index contributed by atoms with van der Waals surface area (Å²) in [5, 5.41) is 9.18. The van der Waals surface area contributed by atoms with Crippen LogP contribution in [0.4, 0.5) is 11.4 Å². The third kappa shape index (κ3) is 6.89. The highest BCUT2D eigenvalue weighted by Gasteiger charge is 2.42. The Hall–Kier alpha value is -1.91. The third-order valence-electron chi connectivity index (χ3n) is 6.54. The van der Waals surface area contributed by atoms with Crippen molar-refractivity contribution in [3.8, 4) is 5.75 Å². The number of anilines is 2. The molecule has 1 aliphatic heterocycles. The lowest BCUT2D eigenvalue weighted by molar-refractivity contribution is -0.138. The molecule has 1 atom stereocenters. The molecule has 0 radical (unpaired) electrons. The Balaban J connectivity index is 2.19. The van der Waals surface area contributed by atoms with E-state index in [2.05, 4.69) is 23.5 Å². The number of fused-ring (bicyclic) bond motifs is 1. The lowest BCUT2D eigenvalue weighted by Gasteiger charge is -2.43. The molecule has 7 nitrogen and oxygen atoms in total. The maximum Gasteiger partial charge on any atom is 0.307 e. The van der Waals surface area contributed by atoms with Gasteiger partial charge in [-0.2, -0.15) is 0 Å². The zero-order chi connectivity index (χ0) is 26.3. The minimum atomic E-state index is -3.39. The predicted molar refractivity (Wildman–Crippen MR) is 150 cm³/mol. The molecule has 0 saturated heterocycles. The van der Waals surface area contributed by atoms with Crippen LogP contribution < -0.4 is 14.4 Å². The molecule has 9 heteroatoms. The summed E-state index contributed by atoms with van der Waals surface area (Å²) in [5.41, 5.74) is 1.22. The normalized spacial score (nSPS) is 18.1. The average Bonchev–Trinajstić information content (AvgIpc) is 2.93. The summed E-state index contributed by atoms with van der Waals surface area (Å²) in [6, 6.07) is 13.7. The van der Waals surface area contributed by atoms with Crippen LogP contribution in [0, 0.1) is 0 Å². The van der Waals surface area contributed by atoms with Crippen molar-refractivity contribution in [2.45, 2.75) is 87.2 Å². The molecule has 0 fully saturated rings. The van der Waals surface area contributed by atoms with Crippen molar-refractivity contribution in [1.29, 1.82) is 0 Å². The van der Waals surface area contributed by atoms with E-state index in [4.69, 9.17) is 4.74 Å². The van der Waals surface area contributed by atoms with Crippen LogP contribution in [-0.2, 0) is 4.79 Å². The first-order valence-corrected chi connectivity index (χ1v) is 15.4. The summed E-state index contributed by atoms with van der Waals surface area (Å²) in [7, 11) is -3.39. The third-order valence-corrected chi connectivity index (χ3v) is 8.95. The van der Waals surface area contributed by atoms with E-state index in [0.29, 0.717) is 17.2 Å². The zero-order valence-corrected chi connectivity index (χ0v) is 23.3. The Kier molecular flexibility index (Phi) is 10.00. The number of carbonyl (C=O) groups is 1. The van der Waals surface area contributed by atoms with Gasteiger partial charge in [0.15, 0.2) is 0 Å². The van der Waals surface area contributed by atoms with Gasteiger partial charge in [0.1, 0.15) is 16.7 Å². The number of carboxylic acids is 1. The molecule has 36 heavy (non-hydrogen) atoms. The van der Waals surface area contributed by atoms with E-state index in [1.807, 2.05) is 42.7 Å². The second-order valence-corrected chi connectivity index (χ2v) is 12.1. The second kappa shape index (κ2) is 12.6. The summed E-state index contributed by atoms with van der Waals surface area (Å²) >= 11 is 1.49. The number of benzene rings is 2. The van der Waals surface area contributed by atoms with Crippen LogP contribution in [0.25, 0.3) is 0 Å². The number of thioether (sulfide) groups is 1. The molecule has 4 N–H and O–H groups in total. The number of unbranched alkanes of at least 4 members (excludes halogenated alkanes) is 2. The van der Waals surface area contributed by atoms with Crippen LogP contribution in [0.15, 0.2) is 52.3 Å². The number of carboxylic acid groups (broad SMARTS) is 1. The number of hydrogen-bond acceptors (Lipinski definition) is 7. The summed E-state index contributed by atoms with van der Waals surface area (Å²) in [4.78, 5) is 14.6. The fourth-order valence-electron chi connectivity index (χ4n) is 4.76. The smallest absolute Gasteiger partial charge is 0.307 e. The quantitative estimate of drug-likeness (QED) is 0.206. The maximum absolute atomic E-state index is 11.6. The van der Waals surface area contributed by atoms with Crippen LogP contribution in [0.1, 0.15) is 65.7 Å². The Morgan fingerprint density at radius 3 is 2.36 bits per heavy atom. The molecular formula is C27H40N2O5S2. The number of ether oxygens (including phenoxy) is 1. The van der Waals surface area contributed by atoms with Gasteiger partial charge in [-0.15, -0.1) is 22.5 Å². The van der Waals surface area contributed by atoms with Gasteiger partial charge in [-0.1, -0.05) is 57.7 Å². The van der Waals surface area contributed by atoms with Gasteiger partial charge < -0.3 is 14.7 Å². The molecule has 1 aliphatic rings. The zero-order valence-electron chi connectivity index (χ0n) is 21.7. The number of rotatable bonds is 12. The number of nitrogens with zero attached hydrogens (tertiary/aromatic N) is 1. The van der Waals surface area contributed by atoms with Crippen molar-refractivity contribution < 1.29 is 23.7 Å². The van der Waals surface area contributed by atoms with E-state index in [-0.39, 0.29) is 6.42 Å². The van der Waals surface area contributed by atoms with Crippen LogP contribution in [0.5, 0.6) is 5.75 Å². The molecule has 2 aromatic rings. The Labute approximate surface area is 221 Å². The van der Waals surface area contributed by atoms with Crippen LogP contribution >= 0.6 is 22.5 Å². The average molecular weight is 537 g/mol. The standard InChI is InChI=1S/C27H40N2O5S2/c1-5-7-14-27(15-8-6-2)19-29(21-12-10-9-11-13-21)22-17-24(35-4)23(34-20(3)16-26(30)31)18-25(22)36(32,33)28-27/h9-13,17-18,20,28,32-33H,5-8,14-16,19H2,1-4H3,(H,30,31)/t20-/m1/s1. The minimum absolute atomic E-state index is 0.146. The molecule has 1 heterocycles. The first kappa shape index (κ1) is 28.7. The van der Waals surface area contributed by atoms with Crippen molar-refractivity contribution in [2.24, 2.45) is 0 Å². The van der Waals surface area contributed by atoms with Crippen LogP contribution in [0.3, 0.4) is 0 Å². The molecule has 0 aromatic heterocycles. The largest absolute Gasteiger partial charge is 0.489 e. The second-order valence-electron chi connectivity index (χ2n) is 9.56. The van der Waals surface area contributed by atoms with E-state index in [1.54, 1.807) is 13.0 Å². The molecule has 200 valence electrons. The molecule has 3 rings (SSSR count). The van der Waals surface area contributed by atoms with E-state index >= 15 is 0 Å². The van der Waals surface area contributed by atoms with Crippen molar-refractivity contribution in [1.82, 2.24) is 4.72 Å². The number of aliphatic carboxylic acids is 1. The van der Waals surface area contributed by atoms with Crippen LogP contribution in [-0.4, -0.2) is 44.6 Å². The lowest BCUT2D eigenvalue weighted by atomic mass is 9.87. The van der Waals surface area contributed by atoms with Gasteiger partial charge in [0.25, 0.3) is 0 Å². The molecule has 0 unspecified atom stereocenters. The first-order chi connectivity index (χ1) is 17.1. The topological polar surface area (TPSA) is 102 Å². The van der Waals surface area contributed by atoms with Crippen molar-refractivity contribution in [3.63, 3.8) is 0 Å². The van der Waals surface area contributed by atoms with Crippen molar-refractivity contribution in [2.75, 3.05) is 17.7 Å². The predicted octanol–water partition coefficient (Wildman–Crippen LogP) is 7.54. The van der Waals surface area contributed by atoms with Gasteiger partial charge in [0.05, 0.1) is 22.5 Å². The van der Waals surface area contributed by atoms with Gasteiger partial charge in [-0.05, 0) is 44.2 Å². The van der Waals surface area contributed by atoms with Gasteiger partial charge in [-0.3, -0.25) is 13.9 Å². The molecule has 0 amide bonds. The van der Waals surface area contributed by atoms with Gasteiger partial charge in [0, 0.05) is 18.3 Å². The van der Waals surface area contributed by atoms with Gasteiger partial charge >= 0.3 is 5.97 Å². The summed E-state index contributed by atoms with van der Waals surface area (Å²) in [6.07, 6.45) is 6.85. The molecule has 0 aliphatic carbocycles. The minimum Gasteiger partial charge on any atom is -0.489 e. The van der Waals surface area contributed by atoms with Crippen molar-refractivity contribution >= 4 is 39.9 Å². The molecule has 2 aromatic carbocycles. The summed E-state index contributed by atoms with van der Waals surface area (Å²) < 4.78 is 32.6. The van der Waals surface area contributed by atoms with E-state index in [1.165, 1.54) is 11.8 Å². The SMILES string of the molecule is CCCCC1(CCCC)CN(c2ccccc2)c2cc(SC)c(O[C@H](C)CC(=O)O)cc2S(O)(O)N1. The Morgan fingerprint density at radius 1 is 1.17 bits per heavy atom. The maximum atomic E-state index is 11.6. The van der Waals surface area contributed by atoms with Gasteiger partial charge in [-0.25, -0.2) is 4.72 Å². The molecular weight excluding hydrogens is 496 g/mol. The fraction of sp³-hybridized carbons (Fsp3) is 0.519. The highest BCUT2D eigenvalue weighted by atomic mass is 32.3. The van der Waals surface area contributed by atoms with Gasteiger partial charge in [0.2, 0.25) is 0 Å². The molecule has 0 saturated carbocycles. The highest BCUT2D eigenvalue weighted by Crippen LogP contribution is 2.57. The number of hydrogen-bond donors (Lipinski definition) is 4.